The number of nitrogens with zero attached hydrogens (tertiary/aromatic N) is 2. The number of carbonyl (C=O) groups excluding carboxylic acids is 1. The van der Waals surface area contributed by atoms with Crippen molar-refractivity contribution in [3.05, 3.63) is 60.2 Å². The Labute approximate surface area is 158 Å². The SMILES string of the molecule is COn1c(=S)[nH]c2c(c1=O)C[C@@H](C)N(C(=O)c1ccc(Cl)c(Cl)c1)C2. The standard InChI is InChI=1S/C16H15Cl2N3O3S/c1-8-5-10-13(19-16(25)21(24-2)15(10)23)7-20(8)14(22)9-3-4-11(17)12(18)6-9/h3-4,6,8H,5,7H2,1-2H3,(H,19,25)/t8-/m1/s1. The molecule has 0 unspecified atom stereocenters. The van der Waals surface area contributed by atoms with Crippen molar-refractivity contribution in [2.75, 3.05) is 7.11 Å². The normalized spacial score (nSPS) is 16.5. The fourth-order valence-corrected chi connectivity index (χ4v) is 3.49. The second-order valence-corrected chi connectivity index (χ2v) is 6.99. The molecule has 0 aliphatic carbocycles. The summed E-state index contributed by atoms with van der Waals surface area (Å²) in [5.74, 6) is -0.188. The molecule has 1 aliphatic heterocycles. The molecule has 1 atom stereocenters. The average molecular weight is 400 g/mol. The number of aromatic amines is 1. The van der Waals surface area contributed by atoms with Crippen LogP contribution in [0.5, 0.6) is 0 Å². The van der Waals surface area contributed by atoms with Gasteiger partial charge in [-0.3, -0.25) is 9.59 Å². The van der Waals surface area contributed by atoms with Crippen LogP contribution in [0.3, 0.4) is 0 Å². The first-order valence-electron chi connectivity index (χ1n) is 7.51. The van der Waals surface area contributed by atoms with E-state index in [1.54, 1.807) is 23.1 Å². The largest absolute Gasteiger partial charge is 0.411 e. The van der Waals surface area contributed by atoms with Gasteiger partial charge in [-0.15, -0.1) is 4.73 Å². The van der Waals surface area contributed by atoms with E-state index < -0.39 is 0 Å². The van der Waals surface area contributed by atoms with E-state index in [0.29, 0.717) is 33.3 Å². The highest BCUT2D eigenvalue weighted by molar-refractivity contribution is 7.71. The summed E-state index contributed by atoms with van der Waals surface area (Å²) in [6, 6.07) is 4.59. The molecule has 1 aromatic carbocycles. The van der Waals surface area contributed by atoms with Crippen LogP contribution < -0.4 is 10.4 Å². The van der Waals surface area contributed by atoms with Crippen molar-refractivity contribution in [3.63, 3.8) is 0 Å². The van der Waals surface area contributed by atoms with Gasteiger partial charge < -0.3 is 14.7 Å². The van der Waals surface area contributed by atoms with E-state index >= 15 is 0 Å². The summed E-state index contributed by atoms with van der Waals surface area (Å²) in [4.78, 5) is 35.0. The number of carbonyl (C=O) groups is 1. The summed E-state index contributed by atoms with van der Waals surface area (Å²) in [6.07, 6.45) is 0.400. The first kappa shape index (κ1) is 18.0. The van der Waals surface area contributed by atoms with Crippen molar-refractivity contribution >= 4 is 41.3 Å². The van der Waals surface area contributed by atoms with Gasteiger partial charge in [-0.25, -0.2) is 0 Å². The molecule has 0 spiro atoms. The number of hydrogen-bond acceptors (Lipinski definition) is 4. The van der Waals surface area contributed by atoms with Crippen LogP contribution in [0.1, 0.15) is 28.5 Å². The van der Waals surface area contributed by atoms with E-state index in [9.17, 15) is 9.59 Å². The zero-order valence-electron chi connectivity index (χ0n) is 13.5. The summed E-state index contributed by atoms with van der Waals surface area (Å²) >= 11 is 17.0. The van der Waals surface area contributed by atoms with Gasteiger partial charge in [-0.1, -0.05) is 23.2 Å². The zero-order chi connectivity index (χ0) is 18.3. The molecule has 3 rings (SSSR count). The molecular weight excluding hydrogens is 385 g/mol. The summed E-state index contributed by atoms with van der Waals surface area (Å²) in [7, 11) is 1.38. The molecule has 2 heterocycles. The van der Waals surface area contributed by atoms with Gasteiger partial charge in [0.15, 0.2) is 0 Å². The van der Waals surface area contributed by atoms with Crippen LogP contribution in [0, 0.1) is 4.77 Å². The summed E-state index contributed by atoms with van der Waals surface area (Å²) in [5, 5.41) is 0.708. The number of fused-ring (bicyclic) bond motifs is 1. The molecule has 0 fully saturated rings. The Kier molecular flexibility index (Phi) is 4.90. The predicted molar refractivity (Wildman–Crippen MR) is 97.9 cm³/mol. The number of aromatic nitrogens is 2. The van der Waals surface area contributed by atoms with E-state index in [0.717, 1.165) is 4.73 Å². The van der Waals surface area contributed by atoms with Crippen LogP contribution in [0.15, 0.2) is 23.0 Å². The van der Waals surface area contributed by atoms with Crippen LogP contribution in [-0.4, -0.2) is 33.7 Å². The lowest BCUT2D eigenvalue weighted by molar-refractivity contribution is 0.0648. The Morgan fingerprint density at radius 1 is 1.36 bits per heavy atom. The molecular formula is C16H15Cl2N3O3S. The molecule has 1 aliphatic rings. The van der Waals surface area contributed by atoms with Crippen molar-refractivity contribution in [2.24, 2.45) is 0 Å². The smallest absolute Gasteiger partial charge is 0.290 e. The number of H-pyrrole nitrogens is 1. The molecule has 1 amide bonds. The molecule has 6 nitrogen and oxygen atoms in total. The summed E-state index contributed by atoms with van der Waals surface area (Å²) in [5.41, 5.74) is 1.33. The van der Waals surface area contributed by atoms with E-state index in [4.69, 9.17) is 40.3 Å². The third-order valence-electron chi connectivity index (χ3n) is 4.22. The first-order valence-corrected chi connectivity index (χ1v) is 8.67. The lowest BCUT2D eigenvalue weighted by Gasteiger charge is -2.34. The van der Waals surface area contributed by atoms with Crippen LogP contribution in [0.4, 0.5) is 0 Å². The fourth-order valence-electron chi connectivity index (χ4n) is 2.91. The Hall–Kier alpha value is -1.83. The molecule has 0 saturated heterocycles. The van der Waals surface area contributed by atoms with Crippen molar-refractivity contribution < 1.29 is 9.63 Å². The van der Waals surface area contributed by atoms with Gasteiger partial charge >= 0.3 is 0 Å². The lowest BCUT2D eigenvalue weighted by Crippen LogP contribution is -2.46. The molecule has 0 radical (unpaired) electrons. The number of benzene rings is 1. The van der Waals surface area contributed by atoms with E-state index in [1.807, 2.05) is 6.92 Å². The lowest BCUT2D eigenvalue weighted by atomic mass is 9.99. The van der Waals surface area contributed by atoms with Crippen LogP contribution in [0.25, 0.3) is 0 Å². The van der Waals surface area contributed by atoms with Crippen molar-refractivity contribution in [1.82, 2.24) is 14.6 Å². The van der Waals surface area contributed by atoms with Gasteiger partial charge in [-0.2, -0.15) is 0 Å². The van der Waals surface area contributed by atoms with Gasteiger partial charge in [0.05, 0.1) is 16.6 Å². The third kappa shape index (κ3) is 3.19. The second kappa shape index (κ2) is 6.82. The zero-order valence-corrected chi connectivity index (χ0v) is 15.8. The molecule has 2 aromatic rings. The van der Waals surface area contributed by atoms with Gasteiger partial charge in [0, 0.05) is 22.9 Å². The van der Waals surface area contributed by atoms with Gasteiger partial charge in [-0.05, 0) is 43.8 Å². The maximum atomic E-state index is 12.9. The molecule has 0 saturated carbocycles. The van der Waals surface area contributed by atoms with Gasteiger partial charge in [0.1, 0.15) is 7.11 Å². The number of rotatable bonds is 2. The predicted octanol–water partition coefficient (Wildman–Crippen LogP) is 2.86. The second-order valence-electron chi connectivity index (χ2n) is 5.78. The quantitative estimate of drug-likeness (QED) is 0.788. The van der Waals surface area contributed by atoms with Crippen LogP contribution >= 0.6 is 35.4 Å². The van der Waals surface area contributed by atoms with Gasteiger partial charge in [0.25, 0.3) is 11.5 Å². The summed E-state index contributed by atoms with van der Waals surface area (Å²) in [6.45, 7) is 2.13. The van der Waals surface area contributed by atoms with E-state index in [1.165, 1.54) is 7.11 Å². The minimum absolute atomic E-state index is 0.155. The van der Waals surface area contributed by atoms with Gasteiger partial charge in [0.2, 0.25) is 4.77 Å². The van der Waals surface area contributed by atoms with Crippen LogP contribution in [-0.2, 0) is 13.0 Å². The van der Waals surface area contributed by atoms with E-state index in [2.05, 4.69) is 4.98 Å². The van der Waals surface area contributed by atoms with Crippen molar-refractivity contribution in [2.45, 2.75) is 25.9 Å². The highest BCUT2D eigenvalue weighted by atomic mass is 35.5. The average Bonchev–Trinajstić information content (AvgIpc) is 2.57. The third-order valence-corrected chi connectivity index (χ3v) is 5.23. The molecule has 25 heavy (non-hydrogen) atoms. The Bertz CT molecular complexity index is 970. The minimum atomic E-state index is -0.297. The molecule has 0 bridgehead atoms. The Morgan fingerprint density at radius 3 is 2.72 bits per heavy atom. The number of hydrogen-bond donors (Lipinski definition) is 1. The summed E-state index contributed by atoms with van der Waals surface area (Å²) < 4.78 is 1.19. The molecule has 9 heteroatoms. The number of amides is 1. The maximum absolute atomic E-state index is 12.9. The Morgan fingerprint density at radius 2 is 2.08 bits per heavy atom. The number of nitrogens with one attached hydrogen (secondary N) is 1. The molecule has 1 aromatic heterocycles. The molecule has 132 valence electrons. The van der Waals surface area contributed by atoms with Crippen LogP contribution in [0.2, 0.25) is 10.0 Å². The highest BCUT2D eigenvalue weighted by Gasteiger charge is 2.30. The number of halogens is 2. The first-order chi connectivity index (χ1) is 11.8. The minimum Gasteiger partial charge on any atom is -0.411 e. The monoisotopic (exact) mass is 399 g/mol. The van der Waals surface area contributed by atoms with Crippen molar-refractivity contribution in [3.8, 4) is 0 Å². The fraction of sp³-hybridized carbons (Fsp3) is 0.312. The molecule has 1 N–H and O–H groups in total. The highest BCUT2D eigenvalue weighted by Crippen LogP contribution is 2.26. The van der Waals surface area contributed by atoms with Crippen molar-refractivity contribution in [1.29, 1.82) is 0 Å². The maximum Gasteiger partial charge on any atom is 0.290 e. The Balaban J connectivity index is 1.99. The van der Waals surface area contributed by atoms with E-state index in [-0.39, 0.29) is 28.8 Å². The topological polar surface area (TPSA) is 67.3 Å².